The lowest BCUT2D eigenvalue weighted by Crippen LogP contribution is -2.41. The molecule has 31 heavy (non-hydrogen) atoms. The average Bonchev–Trinajstić information content (AvgIpc) is 2.78. The van der Waals surface area contributed by atoms with Crippen molar-refractivity contribution in [3.8, 4) is 11.5 Å². The molecule has 3 aromatic carbocycles. The van der Waals surface area contributed by atoms with Gasteiger partial charge in [0.05, 0.1) is 13.7 Å². The minimum Gasteiger partial charge on any atom is -0.507 e. The van der Waals surface area contributed by atoms with Gasteiger partial charge in [0, 0.05) is 11.1 Å². The highest BCUT2D eigenvalue weighted by Gasteiger charge is 2.34. The molecule has 0 saturated carbocycles. The van der Waals surface area contributed by atoms with Gasteiger partial charge in [-0.05, 0) is 78.1 Å². The van der Waals surface area contributed by atoms with Gasteiger partial charge in [-0.1, -0.05) is 30.3 Å². The minimum atomic E-state index is -0.345. The first-order valence-electron chi connectivity index (χ1n) is 9.99. The van der Waals surface area contributed by atoms with E-state index in [4.69, 9.17) is 4.74 Å². The molecule has 0 aliphatic carbocycles. The number of ether oxygens (including phenoxy) is 1. The van der Waals surface area contributed by atoms with Crippen LogP contribution in [0.2, 0.25) is 0 Å². The molecule has 3 aromatic rings. The highest BCUT2D eigenvalue weighted by atomic mass is 16.5. The predicted molar refractivity (Wildman–Crippen MR) is 120 cm³/mol. The topological polar surface area (TPSA) is 66.8 Å². The second kappa shape index (κ2) is 8.11. The minimum absolute atomic E-state index is 0.168. The van der Waals surface area contributed by atoms with E-state index in [-0.39, 0.29) is 24.1 Å². The molecule has 156 valence electrons. The Labute approximate surface area is 181 Å². The van der Waals surface area contributed by atoms with Crippen molar-refractivity contribution in [1.29, 1.82) is 0 Å². The largest absolute Gasteiger partial charge is 0.507 e. The maximum absolute atomic E-state index is 13.4. The molecule has 5 heteroatoms. The van der Waals surface area contributed by atoms with Gasteiger partial charge in [-0.15, -0.1) is 0 Å². The summed E-state index contributed by atoms with van der Waals surface area (Å²) in [7, 11) is 1.59. The Morgan fingerprint density at radius 1 is 0.903 bits per heavy atom. The quantitative estimate of drug-likeness (QED) is 0.496. The zero-order valence-corrected chi connectivity index (χ0v) is 17.7. The molecule has 0 spiro atoms. The van der Waals surface area contributed by atoms with Crippen LogP contribution in [-0.4, -0.2) is 28.9 Å². The Morgan fingerprint density at radius 3 is 2.13 bits per heavy atom. The van der Waals surface area contributed by atoms with E-state index in [1.807, 2.05) is 44.2 Å². The molecule has 0 fully saturated rings. The fourth-order valence-electron chi connectivity index (χ4n) is 3.84. The number of amides is 2. The molecule has 0 radical (unpaired) electrons. The molecule has 1 aliphatic heterocycles. The van der Waals surface area contributed by atoms with Crippen molar-refractivity contribution in [1.82, 2.24) is 4.90 Å². The fourth-order valence-corrected chi connectivity index (χ4v) is 3.84. The highest BCUT2D eigenvalue weighted by Crippen LogP contribution is 2.33. The summed E-state index contributed by atoms with van der Waals surface area (Å²) in [5, 5.41) is 10.1. The molecule has 0 aromatic heterocycles. The molecule has 0 bridgehead atoms. The molecule has 1 aliphatic rings. The van der Waals surface area contributed by atoms with E-state index >= 15 is 0 Å². The van der Waals surface area contributed by atoms with Crippen LogP contribution in [0.3, 0.4) is 0 Å². The number of phenolic OH excluding ortho intramolecular Hbond substituents is 1. The summed E-state index contributed by atoms with van der Waals surface area (Å²) in [4.78, 5) is 27.8. The second-order valence-corrected chi connectivity index (χ2v) is 7.65. The Bertz CT molecular complexity index is 1190. The first kappa shape index (κ1) is 20.4. The lowest BCUT2D eigenvalue weighted by atomic mass is 9.91. The van der Waals surface area contributed by atoms with Crippen molar-refractivity contribution in [3.05, 3.63) is 94.0 Å². The number of phenols is 1. The second-order valence-electron chi connectivity index (χ2n) is 7.65. The van der Waals surface area contributed by atoms with E-state index in [0.717, 1.165) is 22.3 Å². The van der Waals surface area contributed by atoms with E-state index in [1.54, 1.807) is 43.5 Å². The highest BCUT2D eigenvalue weighted by molar-refractivity contribution is 6.33. The van der Waals surface area contributed by atoms with Crippen LogP contribution in [0.15, 0.2) is 60.7 Å². The molecule has 0 unspecified atom stereocenters. The first-order valence-corrected chi connectivity index (χ1v) is 9.99. The van der Waals surface area contributed by atoms with Crippen LogP contribution in [0.5, 0.6) is 11.5 Å². The van der Waals surface area contributed by atoms with Crippen LogP contribution in [0.4, 0.5) is 0 Å². The van der Waals surface area contributed by atoms with Crippen molar-refractivity contribution in [2.45, 2.75) is 20.4 Å². The van der Waals surface area contributed by atoms with Crippen LogP contribution in [0.25, 0.3) is 11.6 Å². The van der Waals surface area contributed by atoms with Crippen LogP contribution in [0, 0.1) is 13.8 Å². The van der Waals surface area contributed by atoms with Crippen LogP contribution in [-0.2, 0) is 11.3 Å². The number of nitrogens with zero attached hydrogens (tertiary/aromatic N) is 1. The SMILES string of the molecule is COc1ccc(CN2C(=O)/C(=C\c3cc(C)c(O)c(C)c3)c3ccccc3C2=O)cc1. The summed E-state index contributed by atoms with van der Waals surface area (Å²) >= 11 is 0. The summed E-state index contributed by atoms with van der Waals surface area (Å²) in [5.74, 6) is 0.299. The van der Waals surface area contributed by atoms with Gasteiger partial charge in [-0.25, -0.2) is 0 Å². The van der Waals surface area contributed by atoms with Gasteiger partial charge in [0.25, 0.3) is 11.8 Å². The number of carbonyl (C=O) groups is 2. The van der Waals surface area contributed by atoms with Gasteiger partial charge in [0.2, 0.25) is 0 Å². The smallest absolute Gasteiger partial charge is 0.261 e. The lowest BCUT2D eigenvalue weighted by molar-refractivity contribution is -0.123. The van der Waals surface area contributed by atoms with Gasteiger partial charge in [0.15, 0.2) is 0 Å². The first-order chi connectivity index (χ1) is 14.9. The number of benzene rings is 3. The molecule has 0 saturated heterocycles. The number of methoxy groups -OCH3 is 1. The van der Waals surface area contributed by atoms with Gasteiger partial charge >= 0.3 is 0 Å². The van der Waals surface area contributed by atoms with Crippen LogP contribution in [0.1, 0.15) is 38.2 Å². The van der Waals surface area contributed by atoms with Gasteiger partial charge in [-0.2, -0.15) is 0 Å². The summed E-state index contributed by atoms with van der Waals surface area (Å²) in [5.41, 5.74) is 4.65. The van der Waals surface area contributed by atoms with E-state index < -0.39 is 0 Å². The molecule has 5 nitrogen and oxygen atoms in total. The van der Waals surface area contributed by atoms with E-state index in [2.05, 4.69) is 0 Å². The molecule has 0 atom stereocenters. The number of hydrogen-bond acceptors (Lipinski definition) is 4. The normalized spacial score (nSPS) is 14.7. The predicted octanol–water partition coefficient (Wildman–Crippen LogP) is 4.74. The Balaban J connectivity index is 1.78. The zero-order chi connectivity index (χ0) is 22.1. The number of fused-ring (bicyclic) bond motifs is 1. The Hall–Kier alpha value is -3.86. The van der Waals surface area contributed by atoms with Gasteiger partial charge < -0.3 is 9.84 Å². The van der Waals surface area contributed by atoms with Gasteiger partial charge in [-0.3, -0.25) is 14.5 Å². The van der Waals surface area contributed by atoms with E-state index in [9.17, 15) is 14.7 Å². The van der Waals surface area contributed by atoms with E-state index in [1.165, 1.54) is 4.90 Å². The van der Waals surface area contributed by atoms with E-state index in [0.29, 0.717) is 22.4 Å². The number of carbonyl (C=O) groups excluding carboxylic acids is 2. The number of rotatable bonds is 4. The summed E-state index contributed by atoms with van der Waals surface area (Å²) in [6, 6.07) is 18.1. The average molecular weight is 413 g/mol. The molecule has 4 rings (SSSR count). The Morgan fingerprint density at radius 2 is 1.52 bits per heavy atom. The number of aromatic hydroxyl groups is 1. The molecule has 2 amide bonds. The van der Waals surface area contributed by atoms with Gasteiger partial charge in [0.1, 0.15) is 11.5 Å². The molecular weight excluding hydrogens is 390 g/mol. The maximum atomic E-state index is 13.4. The van der Waals surface area contributed by atoms with Crippen molar-refractivity contribution in [2.24, 2.45) is 0 Å². The standard InChI is InChI=1S/C26H23NO4/c1-16-12-19(13-17(2)24(16)28)14-23-21-6-4-5-7-22(21)25(29)27(26(23)30)15-18-8-10-20(31-3)11-9-18/h4-14,28H,15H2,1-3H3/b23-14-. The Kier molecular flexibility index (Phi) is 5.34. The lowest BCUT2D eigenvalue weighted by Gasteiger charge is -2.29. The van der Waals surface area contributed by atoms with Crippen molar-refractivity contribution in [3.63, 3.8) is 0 Å². The third-order valence-electron chi connectivity index (χ3n) is 5.49. The van der Waals surface area contributed by atoms with Crippen molar-refractivity contribution >= 4 is 23.5 Å². The molecule has 1 N–H and O–H groups in total. The summed E-state index contributed by atoms with van der Waals surface area (Å²) in [6.07, 6.45) is 1.79. The van der Waals surface area contributed by atoms with Crippen molar-refractivity contribution in [2.75, 3.05) is 7.11 Å². The number of hydrogen-bond donors (Lipinski definition) is 1. The van der Waals surface area contributed by atoms with Crippen LogP contribution >= 0.6 is 0 Å². The molecule has 1 heterocycles. The number of aryl methyl sites for hydroxylation is 2. The zero-order valence-electron chi connectivity index (χ0n) is 17.7. The fraction of sp³-hybridized carbons (Fsp3) is 0.154. The molecular formula is C26H23NO4. The number of imide groups is 1. The summed E-state index contributed by atoms with van der Waals surface area (Å²) in [6.45, 7) is 3.81. The van der Waals surface area contributed by atoms with Crippen molar-refractivity contribution < 1.29 is 19.4 Å². The van der Waals surface area contributed by atoms with Crippen LogP contribution < -0.4 is 4.74 Å². The maximum Gasteiger partial charge on any atom is 0.261 e. The third-order valence-corrected chi connectivity index (χ3v) is 5.49. The third kappa shape index (κ3) is 3.82. The monoisotopic (exact) mass is 413 g/mol. The summed E-state index contributed by atoms with van der Waals surface area (Å²) < 4.78 is 5.18.